The van der Waals surface area contributed by atoms with Crippen LogP contribution in [0.25, 0.3) is 0 Å². The van der Waals surface area contributed by atoms with E-state index in [1.54, 1.807) is 23.8 Å². The van der Waals surface area contributed by atoms with E-state index in [4.69, 9.17) is 9.47 Å². The highest BCUT2D eigenvalue weighted by Crippen LogP contribution is 2.38. The number of fused-ring (bicyclic) bond motifs is 1. The van der Waals surface area contributed by atoms with E-state index in [2.05, 4.69) is 12.1 Å². The lowest BCUT2D eigenvalue weighted by molar-refractivity contribution is 0.0224. The van der Waals surface area contributed by atoms with E-state index in [1.807, 2.05) is 45.0 Å². The number of carbonyl (C=O) groups is 1. The first-order valence-electron chi connectivity index (χ1n) is 9.34. The summed E-state index contributed by atoms with van der Waals surface area (Å²) in [7, 11) is 1.68. The maximum atomic E-state index is 12.4. The highest BCUT2D eigenvalue weighted by Gasteiger charge is 2.26. The maximum Gasteiger partial charge on any atom is 0.410 e. The molecule has 0 saturated heterocycles. The van der Waals surface area contributed by atoms with Crippen LogP contribution < -0.4 is 4.74 Å². The van der Waals surface area contributed by atoms with E-state index in [0.29, 0.717) is 13.1 Å². The number of ether oxygens (including phenoxy) is 2. The number of rotatable bonds is 4. The van der Waals surface area contributed by atoms with Crippen LogP contribution in [-0.2, 0) is 24.3 Å². The van der Waals surface area contributed by atoms with Crippen molar-refractivity contribution in [2.45, 2.75) is 55.7 Å². The largest absolute Gasteiger partial charge is 0.496 e. The zero-order valence-corrected chi connectivity index (χ0v) is 17.6. The monoisotopic (exact) mass is 401 g/mol. The summed E-state index contributed by atoms with van der Waals surface area (Å²) < 4.78 is 11.1. The van der Waals surface area contributed by atoms with Crippen molar-refractivity contribution in [1.82, 2.24) is 4.90 Å². The topological polar surface area (TPSA) is 59.0 Å². The van der Waals surface area contributed by atoms with Crippen LogP contribution >= 0.6 is 11.8 Å². The molecular formula is C22H27NO4S. The maximum absolute atomic E-state index is 12.4. The Morgan fingerprint density at radius 3 is 2.50 bits per heavy atom. The molecule has 1 aliphatic heterocycles. The van der Waals surface area contributed by atoms with Crippen LogP contribution in [0.5, 0.6) is 5.75 Å². The molecule has 0 atom stereocenters. The first-order valence-corrected chi connectivity index (χ1v) is 10.2. The predicted octanol–water partition coefficient (Wildman–Crippen LogP) is 4.63. The Kier molecular flexibility index (Phi) is 6.20. The van der Waals surface area contributed by atoms with Crippen LogP contribution in [0.4, 0.5) is 4.79 Å². The summed E-state index contributed by atoms with van der Waals surface area (Å²) in [5, 5.41) is 9.20. The summed E-state index contributed by atoms with van der Waals surface area (Å²) in [5.74, 6) is 0.834. The van der Waals surface area contributed by atoms with Crippen molar-refractivity contribution in [2.75, 3.05) is 13.7 Å². The van der Waals surface area contributed by atoms with Gasteiger partial charge in [-0.3, -0.25) is 0 Å². The lowest BCUT2D eigenvalue weighted by Gasteiger charge is -2.31. The molecule has 28 heavy (non-hydrogen) atoms. The van der Waals surface area contributed by atoms with Crippen molar-refractivity contribution in [1.29, 1.82) is 0 Å². The van der Waals surface area contributed by atoms with Crippen molar-refractivity contribution in [3.05, 3.63) is 53.1 Å². The third-order valence-corrected chi connectivity index (χ3v) is 5.53. The molecule has 150 valence electrons. The number of nitrogens with zero attached hydrogens (tertiary/aromatic N) is 1. The molecule has 0 saturated carbocycles. The second kappa shape index (κ2) is 8.45. The number of amides is 1. The van der Waals surface area contributed by atoms with Crippen molar-refractivity contribution in [3.63, 3.8) is 0 Å². The van der Waals surface area contributed by atoms with Gasteiger partial charge in [0.05, 0.1) is 18.6 Å². The molecule has 0 radical (unpaired) electrons. The van der Waals surface area contributed by atoms with Gasteiger partial charge < -0.3 is 19.5 Å². The van der Waals surface area contributed by atoms with Crippen LogP contribution in [0.15, 0.2) is 46.2 Å². The Labute approximate surface area is 170 Å². The van der Waals surface area contributed by atoms with E-state index in [0.717, 1.165) is 33.1 Å². The Balaban J connectivity index is 1.81. The first kappa shape index (κ1) is 20.6. The van der Waals surface area contributed by atoms with Gasteiger partial charge >= 0.3 is 6.09 Å². The average molecular weight is 402 g/mol. The lowest BCUT2D eigenvalue weighted by atomic mass is 9.99. The fourth-order valence-electron chi connectivity index (χ4n) is 3.08. The van der Waals surface area contributed by atoms with Gasteiger partial charge in [0, 0.05) is 18.0 Å². The molecule has 0 unspecified atom stereocenters. The van der Waals surface area contributed by atoms with Gasteiger partial charge in [-0.25, -0.2) is 4.79 Å². The summed E-state index contributed by atoms with van der Waals surface area (Å²) in [6, 6.07) is 12.0. The standard InChI is InChI=1S/C22H27NO4S/c1-22(2,3)27-21(25)23-10-9-16-11-19(26-4)20(12-17(16)13-23)28-18-7-5-15(14-24)6-8-18/h5-8,11-12,24H,9-10,13-14H2,1-4H3. The van der Waals surface area contributed by atoms with Gasteiger partial charge in [-0.1, -0.05) is 23.9 Å². The van der Waals surface area contributed by atoms with Gasteiger partial charge in [0.1, 0.15) is 11.4 Å². The molecule has 0 spiro atoms. The second-order valence-corrected chi connectivity index (χ2v) is 8.94. The zero-order chi connectivity index (χ0) is 20.3. The summed E-state index contributed by atoms with van der Waals surface area (Å²) in [6.07, 6.45) is 0.504. The first-order chi connectivity index (χ1) is 13.3. The Morgan fingerprint density at radius 1 is 1.18 bits per heavy atom. The molecule has 1 aliphatic rings. The van der Waals surface area contributed by atoms with Gasteiger partial charge in [0.25, 0.3) is 0 Å². The van der Waals surface area contributed by atoms with Gasteiger partial charge in [-0.05, 0) is 68.1 Å². The highest BCUT2D eigenvalue weighted by molar-refractivity contribution is 7.99. The Bertz CT molecular complexity index is 843. The summed E-state index contributed by atoms with van der Waals surface area (Å²) in [5.41, 5.74) is 2.71. The van der Waals surface area contributed by atoms with Crippen molar-refractivity contribution in [2.24, 2.45) is 0 Å². The molecule has 6 heteroatoms. The van der Waals surface area contributed by atoms with Gasteiger partial charge in [-0.2, -0.15) is 0 Å². The van der Waals surface area contributed by atoms with Gasteiger partial charge in [0.2, 0.25) is 0 Å². The van der Waals surface area contributed by atoms with Crippen LogP contribution in [-0.4, -0.2) is 35.4 Å². The third kappa shape index (κ3) is 5.00. The molecule has 0 bridgehead atoms. The number of hydrogen-bond donors (Lipinski definition) is 1. The number of carbonyl (C=O) groups excluding carboxylic acids is 1. The minimum Gasteiger partial charge on any atom is -0.496 e. The lowest BCUT2D eigenvalue weighted by Crippen LogP contribution is -2.39. The van der Waals surface area contributed by atoms with E-state index in [-0.39, 0.29) is 12.7 Å². The molecule has 0 fully saturated rings. The van der Waals surface area contributed by atoms with Crippen molar-refractivity contribution < 1.29 is 19.4 Å². The smallest absolute Gasteiger partial charge is 0.410 e. The number of aliphatic hydroxyl groups excluding tert-OH is 1. The molecule has 2 aromatic rings. The van der Waals surface area contributed by atoms with Gasteiger partial charge in [0.15, 0.2) is 0 Å². The number of benzene rings is 2. The molecule has 1 heterocycles. The van der Waals surface area contributed by atoms with E-state index >= 15 is 0 Å². The zero-order valence-electron chi connectivity index (χ0n) is 16.8. The number of hydrogen-bond acceptors (Lipinski definition) is 5. The fraction of sp³-hybridized carbons (Fsp3) is 0.409. The SMILES string of the molecule is COc1cc2c(cc1Sc1ccc(CO)cc1)CN(C(=O)OC(C)(C)C)CC2. The number of aliphatic hydroxyl groups is 1. The normalized spacial score (nSPS) is 13.8. The van der Waals surface area contributed by atoms with Crippen LogP contribution in [0.2, 0.25) is 0 Å². The highest BCUT2D eigenvalue weighted by atomic mass is 32.2. The average Bonchev–Trinajstić information content (AvgIpc) is 2.66. The summed E-state index contributed by atoms with van der Waals surface area (Å²) >= 11 is 1.61. The van der Waals surface area contributed by atoms with E-state index in [1.165, 1.54) is 5.56 Å². The molecule has 1 N–H and O–H groups in total. The van der Waals surface area contributed by atoms with Crippen LogP contribution in [0.1, 0.15) is 37.5 Å². The molecule has 2 aromatic carbocycles. The van der Waals surface area contributed by atoms with E-state index < -0.39 is 5.60 Å². The molecular weight excluding hydrogens is 374 g/mol. The Morgan fingerprint density at radius 2 is 1.89 bits per heavy atom. The molecule has 5 nitrogen and oxygen atoms in total. The quantitative estimate of drug-likeness (QED) is 0.809. The molecule has 0 aromatic heterocycles. The third-order valence-electron chi connectivity index (χ3n) is 4.48. The molecule has 1 amide bonds. The minimum atomic E-state index is -0.501. The molecule has 3 rings (SSSR count). The van der Waals surface area contributed by atoms with Crippen molar-refractivity contribution in [3.8, 4) is 5.75 Å². The fourth-order valence-corrected chi connectivity index (χ4v) is 4.05. The molecule has 0 aliphatic carbocycles. The number of methoxy groups -OCH3 is 1. The Hall–Kier alpha value is -2.18. The summed E-state index contributed by atoms with van der Waals surface area (Å²) in [6.45, 7) is 6.85. The van der Waals surface area contributed by atoms with Crippen LogP contribution in [0.3, 0.4) is 0 Å². The minimum absolute atomic E-state index is 0.0353. The van der Waals surface area contributed by atoms with E-state index in [9.17, 15) is 9.90 Å². The van der Waals surface area contributed by atoms with Crippen molar-refractivity contribution >= 4 is 17.9 Å². The second-order valence-electron chi connectivity index (χ2n) is 7.83. The predicted molar refractivity (Wildman–Crippen MR) is 110 cm³/mol. The van der Waals surface area contributed by atoms with Gasteiger partial charge in [-0.15, -0.1) is 0 Å². The van der Waals surface area contributed by atoms with Crippen LogP contribution in [0, 0.1) is 0 Å². The summed E-state index contributed by atoms with van der Waals surface area (Å²) in [4.78, 5) is 16.3.